The normalized spacial score (nSPS) is 16.9. The first-order valence-electron chi connectivity index (χ1n) is 12.9. The summed E-state index contributed by atoms with van der Waals surface area (Å²) in [6.07, 6.45) is 6.45. The van der Waals surface area contributed by atoms with Gasteiger partial charge in [-0.05, 0) is 56.7 Å². The van der Waals surface area contributed by atoms with Gasteiger partial charge in [-0.1, -0.05) is 0 Å². The van der Waals surface area contributed by atoms with Crippen molar-refractivity contribution in [2.75, 3.05) is 51.5 Å². The Morgan fingerprint density at radius 3 is 2.68 bits per heavy atom. The zero-order valence-electron chi connectivity index (χ0n) is 21.7. The fourth-order valence-electron chi connectivity index (χ4n) is 4.76. The van der Waals surface area contributed by atoms with Crippen LogP contribution in [0.5, 0.6) is 0 Å². The Labute approximate surface area is 216 Å². The van der Waals surface area contributed by atoms with Crippen LogP contribution in [0.4, 0.5) is 15.9 Å². The van der Waals surface area contributed by atoms with Crippen LogP contribution in [0.25, 0.3) is 0 Å². The molecule has 37 heavy (non-hydrogen) atoms. The maximum Gasteiger partial charge on any atom is 0.255 e. The smallest absolute Gasteiger partial charge is 0.255 e. The van der Waals surface area contributed by atoms with Gasteiger partial charge in [0.2, 0.25) is 5.91 Å². The van der Waals surface area contributed by atoms with Gasteiger partial charge < -0.3 is 19.3 Å². The zero-order chi connectivity index (χ0) is 26.4. The maximum atomic E-state index is 14.1. The average molecular weight is 514 g/mol. The van der Waals surface area contributed by atoms with Crippen LogP contribution in [0, 0.1) is 5.41 Å². The van der Waals surface area contributed by atoms with E-state index < -0.39 is 5.67 Å². The number of piperidine rings is 1. The third-order valence-electron chi connectivity index (χ3n) is 7.00. The standard InChI is InChI=1S/C27H36FN5O4/c1-27(28)8-12-31(13-9-27)26(35)21-17-20-5-3-10-32(25(20)30-19-21)22-7-11-33(23(29)18-22)24(34)6-4-14-37-16-15-36-2/h7,11,17-19,29H,3-6,8-10,12-16H2,1-2H3. The van der Waals surface area contributed by atoms with Crippen molar-refractivity contribution >= 4 is 23.3 Å². The van der Waals surface area contributed by atoms with Gasteiger partial charge in [0.05, 0.1) is 18.8 Å². The molecule has 0 aromatic carbocycles. The van der Waals surface area contributed by atoms with Crippen molar-refractivity contribution in [2.24, 2.45) is 0 Å². The number of nitrogens with one attached hydrogen (secondary N) is 1. The molecular weight excluding hydrogens is 477 g/mol. The molecule has 4 rings (SSSR count). The molecule has 1 amide bonds. The molecule has 0 unspecified atom stereocenters. The van der Waals surface area contributed by atoms with Crippen molar-refractivity contribution in [2.45, 2.75) is 51.1 Å². The van der Waals surface area contributed by atoms with E-state index in [4.69, 9.17) is 14.9 Å². The highest BCUT2D eigenvalue weighted by Gasteiger charge is 2.32. The number of halogens is 1. The van der Waals surface area contributed by atoms with Gasteiger partial charge in [-0.15, -0.1) is 0 Å². The summed E-state index contributed by atoms with van der Waals surface area (Å²) in [7, 11) is 1.61. The number of hydrogen-bond acceptors (Lipinski definition) is 7. The number of likely N-dealkylation sites (tertiary alicyclic amines) is 1. The molecule has 0 aliphatic carbocycles. The molecule has 0 atom stereocenters. The molecule has 2 aromatic heterocycles. The number of aryl methyl sites for hydroxylation is 1. The number of nitrogens with zero attached hydrogens (tertiary/aromatic N) is 4. The minimum absolute atomic E-state index is 0.103. The molecule has 1 saturated heterocycles. The lowest BCUT2D eigenvalue weighted by Crippen LogP contribution is -2.43. The minimum atomic E-state index is -1.21. The SMILES string of the molecule is COCCOCCCC(=O)n1ccc(N2CCCc3cc(C(=O)N4CCC(C)(F)CC4)cnc32)cc1=N. The highest BCUT2D eigenvalue weighted by molar-refractivity contribution is 5.94. The fraction of sp³-hybridized carbons (Fsp3) is 0.556. The number of amides is 1. The Bertz CT molecular complexity index is 1170. The Kier molecular flexibility index (Phi) is 8.71. The van der Waals surface area contributed by atoms with Crippen LogP contribution in [0.3, 0.4) is 0 Å². The monoisotopic (exact) mass is 513 g/mol. The summed E-state index contributed by atoms with van der Waals surface area (Å²) in [6, 6.07) is 5.39. The summed E-state index contributed by atoms with van der Waals surface area (Å²) in [5, 5.41) is 8.42. The Morgan fingerprint density at radius 1 is 1.16 bits per heavy atom. The van der Waals surface area contributed by atoms with Gasteiger partial charge >= 0.3 is 0 Å². The third-order valence-corrected chi connectivity index (χ3v) is 7.00. The van der Waals surface area contributed by atoms with Crippen LogP contribution in [-0.4, -0.2) is 78.5 Å². The highest BCUT2D eigenvalue weighted by atomic mass is 19.1. The largest absolute Gasteiger partial charge is 0.382 e. The van der Waals surface area contributed by atoms with E-state index in [2.05, 4.69) is 4.98 Å². The zero-order valence-corrected chi connectivity index (χ0v) is 21.7. The molecule has 0 radical (unpaired) electrons. The molecule has 0 saturated carbocycles. The Balaban J connectivity index is 1.42. The number of hydrogen-bond donors (Lipinski definition) is 1. The van der Waals surface area contributed by atoms with E-state index in [1.165, 1.54) is 4.57 Å². The quantitative estimate of drug-likeness (QED) is 0.515. The Hall–Kier alpha value is -3.11. The van der Waals surface area contributed by atoms with Crippen LogP contribution in [0.2, 0.25) is 0 Å². The number of rotatable bonds is 9. The molecule has 0 bridgehead atoms. The van der Waals surface area contributed by atoms with E-state index in [0.29, 0.717) is 57.7 Å². The first-order valence-corrected chi connectivity index (χ1v) is 12.9. The molecule has 1 N–H and O–H groups in total. The lowest BCUT2D eigenvalue weighted by Gasteiger charge is -2.34. The van der Waals surface area contributed by atoms with E-state index in [1.54, 1.807) is 37.4 Å². The number of alkyl halides is 1. The van der Waals surface area contributed by atoms with Crippen molar-refractivity contribution in [1.82, 2.24) is 14.5 Å². The van der Waals surface area contributed by atoms with Crippen LogP contribution in [-0.2, 0) is 15.9 Å². The molecule has 200 valence electrons. The number of methoxy groups -OCH3 is 1. The molecular formula is C27H36FN5O4. The van der Waals surface area contributed by atoms with Crippen LogP contribution in [0.15, 0.2) is 30.6 Å². The highest BCUT2D eigenvalue weighted by Crippen LogP contribution is 2.32. The molecule has 10 heteroatoms. The first kappa shape index (κ1) is 26.9. The summed E-state index contributed by atoms with van der Waals surface area (Å²) < 4.78 is 25.8. The number of anilines is 2. The van der Waals surface area contributed by atoms with Crippen molar-refractivity contribution in [3.63, 3.8) is 0 Å². The third kappa shape index (κ3) is 6.61. The second kappa shape index (κ2) is 12.0. The van der Waals surface area contributed by atoms with Crippen molar-refractivity contribution in [3.8, 4) is 0 Å². The van der Waals surface area contributed by atoms with E-state index in [1.807, 2.05) is 17.0 Å². The number of carbonyl (C=O) groups excluding carboxylic acids is 2. The van der Waals surface area contributed by atoms with E-state index >= 15 is 0 Å². The minimum Gasteiger partial charge on any atom is -0.382 e. The van der Waals surface area contributed by atoms with Crippen LogP contribution >= 0.6 is 0 Å². The number of fused-ring (bicyclic) bond motifs is 1. The number of pyridine rings is 2. The van der Waals surface area contributed by atoms with Gasteiger partial charge in [0, 0.05) is 63.9 Å². The van der Waals surface area contributed by atoms with Crippen molar-refractivity contribution in [3.05, 3.63) is 47.2 Å². The Morgan fingerprint density at radius 2 is 1.95 bits per heavy atom. The van der Waals surface area contributed by atoms with Gasteiger partial charge in [0.15, 0.2) is 0 Å². The van der Waals surface area contributed by atoms with Gasteiger partial charge in [0.25, 0.3) is 5.91 Å². The maximum absolute atomic E-state index is 14.1. The van der Waals surface area contributed by atoms with Gasteiger partial charge in [-0.2, -0.15) is 0 Å². The van der Waals surface area contributed by atoms with Gasteiger partial charge in [-0.25, -0.2) is 9.37 Å². The molecule has 2 aliphatic rings. The lowest BCUT2D eigenvalue weighted by atomic mass is 9.95. The number of carbonyl (C=O) groups is 2. The van der Waals surface area contributed by atoms with E-state index in [9.17, 15) is 14.0 Å². The summed E-state index contributed by atoms with van der Waals surface area (Å²) in [4.78, 5) is 34.0. The second-order valence-corrected chi connectivity index (χ2v) is 9.91. The van der Waals surface area contributed by atoms with Crippen LogP contribution in [0.1, 0.15) is 59.7 Å². The number of aromatic nitrogens is 2. The average Bonchev–Trinajstić information content (AvgIpc) is 2.89. The van der Waals surface area contributed by atoms with Gasteiger partial charge in [-0.3, -0.25) is 19.6 Å². The van der Waals surface area contributed by atoms with E-state index in [0.717, 1.165) is 36.5 Å². The van der Waals surface area contributed by atoms with Crippen molar-refractivity contribution in [1.29, 1.82) is 5.41 Å². The van der Waals surface area contributed by atoms with Gasteiger partial charge in [0.1, 0.15) is 17.0 Å². The molecule has 2 aromatic rings. The summed E-state index contributed by atoms with van der Waals surface area (Å²) in [6.45, 7) is 4.61. The second-order valence-electron chi connectivity index (χ2n) is 9.91. The lowest BCUT2D eigenvalue weighted by molar-refractivity contribution is 0.0503. The first-order chi connectivity index (χ1) is 17.8. The summed E-state index contributed by atoms with van der Waals surface area (Å²) >= 11 is 0. The van der Waals surface area contributed by atoms with E-state index in [-0.39, 0.29) is 23.7 Å². The van der Waals surface area contributed by atoms with Crippen LogP contribution < -0.4 is 10.4 Å². The summed E-state index contributed by atoms with van der Waals surface area (Å²) in [5.74, 6) is 0.493. The summed E-state index contributed by atoms with van der Waals surface area (Å²) in [5.41, 5.74) is 1.16. The molecule has 2 aliphatic heterocycles. The predicted octanol–water partition coefficient (Wildman–Crippen LogP) is 3.49. The molecule has 1 fully saturated rings. The predicted molar refractivity (Wildman–Crippen MR) is 137 cm³/mol. The van der Waals surface area contributed by atoms with Crippen molar-refractivity contribution < 1.29 is 23.5 Å². The topological polar surface area (TPSA) is 101 Å². The number of ether oxygens (including phenoxy) is 2. The molecule has 0 spiro atoms. The molecule has 9 nitrogen and oxygen atoms in total. The fourth-order valence-corrected chi connectivity index (χ4v) is 4.76. The molecule has 4 heterocycles.